The number of hydrogen-bond acceptors (Lipinski definition) is 6. The summed E-state index contributed by atoms with van der Waals surface area (Å²) in [5.74, 6) is 7.30. The molecule has 6 nitrogen and oxygen atoms in total. The molecule has 0 saturated heterocycles. The van der Waals surface area contributed by atoms with Crippen molar-refractivity contribution in [1.82, 2.24) is 9.97 Å². The number of hydrazine groups is 1. The highest BCUT2D eigenvalue weighted by Gasteiger charge is 2.12. The molecule has 0 bridgehead atoms. The maximum Gasteiger partial charge on any atom is 0.240 e. The van der Waals surface area contributed by atoms with Gasteiger partial charge in [-0.25, -0.2) is 10.8 Å². The highest BCUT2D eigenvalue weighted by atomic mass is 79.9. The molecular formula is C12H12Br2N4O2. The summed E-state index contributed by atoms with van der Waals surface area (Å²) in [7, 11) is 1.60. The second kappa shape index (κ2) is 6.38. The van der Waals surface area contributed by atoms with Crippen molar-refractivity contribution in [1.29, 1.82) is 0 Å². The fourth-order valence-electron chi connectivity index (χ4n) is 1.45. The van der Waals surface area contributed by atoms with E-state index in [4.69, 9.17) is 15.3 Å². The zero-order valence-corrected chi connectivity index (χ0v) is 13.9. The number of benzene rings is 1. The molecule has 1 heterocycles. The minimum Gasteiger partial charge on any atom is -0.496 e. The van der Waals surface area contributed by atoms with Gasteiger partial charge in [0.15, 0.2) is 0 Å². The van der Waals surface area contributed by atoms with Crippen LogP contribution < -0.4 is 20.7 Å². The number of nitrogens with one attached hydrogen (secondary N) is 1. The summed E-state index contributed by atoms with van der Waals surface area (Å²) in [6, 6.07) is 3.60. The lowest BCUT2D eigenvalue weighted by Gasteiger charge is -2.12. The van der Waals surface area contributed by atoms with Crippen LogP contribution >= 0.6 is 31.9 Å². The molecule has 0 aliphatic rings. The molecule has 0 unspecified atom stereocenters. The first-order valence-corrected chi connectivity index (χ1v) is 7.15. The molecule has 2 aromatic rings. The first-order valence-electron chi connectivity index (χ1n) is 5.56. The molecular weight excluding hydrogens is 392 g/mol. The molecule has 0 atom stereocenters. The maximum atomic E-state index is 5.78. The monoisotopic (exact) mass is 402 g/mol. The lowest BCUT2D eigenvalue weighted by atomic mass is 10.3. The van der Waals surface area contributed by atoms with Crippen molar-refractivity contribution >= 4 is 37.8 Å². The van der Waals surface area contributed by atoms with Gasteiger partial charge in [-0.05, 0) is 50.9 Å². The third kappa shape index (κ3) is 3.20. The maximum absolute atomic E-state index is 5.78. The van der Waals surface area contributed by atoms with E-state index in [-0.39, 0.29) is 5.95 Å². The van der Waals surface area contributed by atoms with Crippen molar-refractivity contribution in [3.8, 4) is 17.4 Å². The van der Waals surface area contributed by atoms with Gasteiger partial charge in [-0.15, -0.1) is 0 Å². The standard InChI is InChI=1S/C12H12Br2N4O2/c1-6-5-16-12(18-15)17-11(6)20-10-4-7(13)9(19-2)3-8(10)14/h3-5H,15H2,1-2H3,(H,16,17,18). The topological polar surface area (TPSA) is 82.3 Å². The van der Waals surface area contributed by atoms with Crippen molar-refractivity contribution in [2.45, 2.75) is 6.92 Å². The SMILES string of the molecule is COc1cc(Br)c(Oc2nc(NN)ncc2C)cc1Br. The molecule has 20 heavy (non-hydrogen) atoms. The summed E-state index contributed by atoms with van der Waals surface area (Å²) in [5, 5.41) is 0. The van der Waals surface area contributed by atoms with Gasteiger partial charge in [0.05, 0.1) is 16.1 Å². The van der Waals surface area contributed by atoms with E-state index in [2.05, 4.69) is 47.3 Å². The summed E-state index contributed by atoms with van der Waals surface area (Å²) in [5.41, 5.74) is 3.18. The van der Waals surface area contributed by atoms with E-state index in [0.717, 1.165) is 14.5 Å². The molecule has 0 spiro atoms. The van der Waals surface area contributed by atoms with Crippen LogP contribution in [0.1, 0.15) is 5.56 Å². The van der Waals surface area contributed by atoms with Crippen molar-refractivity contribution in [3.05, 3.63) is 32.8 Å². The Bertz CT molecular complexity index is 637. The summed E-state index contributed by atoms with van der Waals surface area (Å²) >= 11 is 6.84. The van der Waals surface area contributed by atoms with E-state index in [0.29, 0.717) is 17.4 Å². The molecule has 106 valence electrons. The Labute approximate surface area is 132 Å². The van der Waals surface area contributed by atoms with Gasteiger partial charge in [0.25, 0.3) is 0 Å². The molecule has 2 rings (SSSR count). The van der Waals surface area contributed by atoms with E-state index in [1.807, 2.05) is 6.92 Å². The first kappa shape index (κ1) is 15.0. The summed E-state index contributed by atoms with van der Waals surface area (Å²) in [4.78, 5) is 8.16. The van der Waals surface area contributed by atoms with Gasteiger partial charge < -0.3 is 9.47 Å². The third-order valence-corrected chi connectivity index (χ3v) is 3.71. The molecule has 0 aliphatic carbocycles. The van der Waals surface area contributed by atoms with E-state index < -0.39 is 0 Å². The van der Waals surface area contributed by atoms with Crippen molar-refractivity contribution in [2.24, 2.45) is 5.84 Å². The fourth-order valence-corrected chi connectivity index (χ4v) is 2.34. The number of methoxy groups -OCH3 is 1. The van der Waals surface area contributed by atoms with E-state index >= 15 is 0 Å². The average molecular weight is 404 g/mol. The Morgan fingerprint density at radius 1 is 1.20 bits per heavy atom. The third-order valence-electron chi connectivity index (χ3n) is 2.47. The van der Waals surface area contributed by atoms with Gasteiger partial charge in [-0.1, -0.05) is 0 Å². The summed E-state index contributed by atoms with van der Waals surface area (Å²) in [6.45, 7) is 1.85. The number of rotatable bonds is 4. The number of nitrogens with two attached hydrogens (primary N) is 1. The molecule has 8 heteroatoms. The Kier molecular flexibility index (Phi) is 4.79. The van der Waals surface area contributed by atoms with Crippen LogP contribution in [-0.4, -0.2) is 17.1 Å². The smallest absolute Gasteiger partial charge is 0.240 e. The lowest BCUT2D eigenvalue weighted by molar-refractivity contribution is 0.408. The predicted octanol–water partition coefficient (Wildman–Crippen LogP) is 3.40. The van der Waals surface area contributed by atoms with Gasteiger partial charge in [0.1, 0.15) is 11.5 Å². The molecule has 0 aliphatic heterocycles. The number of anilines is 1. The summed E-state index contributed by atoms with van der Waals surface area (Å²) < 4.78 is 12.5. The predicted molar refractivity (Wildman–Crippen MR) is 83.0 cm³/mol. The quantitative estimate of drug-likeness (QED) is 0.601. The van der Waals surface area contributed by atoms with Crippen molar-refractivity contribution in [3.63, 3.8) is 0 Å². The van der Waals surface area contributed by atoms with Gasteiger partial charge in [0.2, 0.25) is 11.8 Å². The molecule has 0 saturated carbocycles. The van der Waals surface area contributed by atoms with Crippen LogP contribution in [0.3, 0.4) is 0 Å². The number of halogens is 2. The normalized spacial score (nSPS) is 10.2. The molecule has 3 N–H and O–H groups in total. The fraction of sp³-hybridized carbons (Fsp3) is 0.167. The largest absolute Gasteiger partial charge is 0.496 e. The van der Waals surface area contributed by atoms with E-state index in [9.17, 15) is 0 Å². The molecule has 0 radical (unpaired) electrons. The lowest BCUT2D eigenvalue weighted by Crippen LogP contribution is -2.11. The Balaban J connectivity index is 2.37. The number of nitrogens with zero attached hydrogens (tertiary/aromatic N) is 2. The molecule has 1 aromatic heterocycles. The van der Waals surface area contributed by atoms with Crippen molar-refractivity contribution in [2.75, 3.05) is 12.5 Å². The van der Waals surface area contributed by atoms with Crippen LogP contribution in [0.25, 0.3) is 0 Å². The number of hydrogen-bond donors (Lipinski definition) is 2. The molecule has 0 fully saturated rings. The Morgan fingerprint density at radius 3 is 2.50 bits per heavy atom. The van der Waals surface area contributed by atoms with Gasteiger partial charge in [-0.2, -0.15) is 4.98 Å². The van der Waals surface area contributed by atoms with Gasteiger partial charge >= 0.3 is 0 Å². The number of aromatic nitrogens is 2. The molecule has 1 aromatic carbocycles. The van der Waals surface area contributed by atoms with Crippen LogP contribution in [0.2, 0.25) is 0 Å². The zero-order chi connectivity index (χ0) is 14.7. The highest BCUT2D eigenvalue weighted by Crippen LogP contribution is 2.38. The molecule has 0 amide bonds. The Hall–Kier alpha value is -1.38. The Morgan fingerprint density at radius 2 is 1.85 bits per heavy atom. The van der Waals surface area contributed by atoms with Gasteiger partial charge in [0, 0.05) is 11.8 Å². The number of ether oxygens (including phenoxy) is 2. The first-order chi connectivity index (χ1) is 9.55. The minimum absolute atomic E-state index is 0.286. The van der Waals surface area contributed by atoms with Gasteiger partial charge in [-0.3, -0.25) is 5.43 Å². The second-order valence-electron chi connectivity index (χ2n) is 3.85. The van der Waals surface area contributed by atoms with Crippen LogP contribution in [-0.2, 0) is 0 Å². The van der Waals surface area contributed by atoms with E-state index in [1.165, 1.54) is 0 Å². The zero-order valence-electron chi connectivity index (χ0n) is 10.8. The highest BCUT2D eigenvalue weighted by molar-refractivity contribution is 9.11. The van der Waals surface area contributed by atoms with Crippen molar-refractivity contribution < 1.29 is 9.47 Å². The van der Waals surface area contributed by atoms with Crippen LogP contribution in [0.5, 0.6) is 17.4 Å². The van der Waals surface area contributed by atoms with Crippen LogP contribution in [0.15, 0.2) is 27.3 Å². The average Bonchev–Trinajstić information content (AvgIpc) is 2.44. The number of aryl methyl sites for hydroxylation is 1. The minimum atomic E-state index is 0.286. The summed E-state index contributed by atoms with van der Waals surface area (Å²) in [6.07, 6.45) is 1.63. The second-order valence-corrected chi connectivity index (χ2v) is 5.55. The van der Waals surface area contributed by atoms with Crippen LogP contribution in [0, 0.1) is 6.92 Å². The van der Waals surface area contributed by atoms with Crippen LogP contribution in [0.4, 0.5) is 5.95 Å². The van der Waals surface area contributed by atoms with E-state index in [1.54, 1.807) is 25.4 Å². The number of nitrogen functional groups attached to an aromatic ring is 1.